The first-order valence-corrected chi connectivity index (χ1v) is 11.9. The molecule has 0 atom stereocenters. The van der Waals surface area contributed by atoms with Gasteiger partial charge in [-0.3, -0.25) is 0 Å². The molecule has 0 aromatic carbocycles. The second kappa shape index (κ2) is 27.9. The lowest BCUT2D eigenvalue weighted by Gasteiger charge is -2.23. The number of rotatable bonds is 17. The molecule has 0 rings (SSSR count). The smallest absolute Gasteiger partial charge is 0.0780 e. The van der Waals surface area contributed by atoms with Crippen LogP contribution in [0.1, 0.15) is 110 Å². The summed E-state index contributed by atoms with van der Waals surface area (Å²) in [5.41, 5.74) is 0. The highest BCUT2D eigenvalue weighted by Crippen LogP contribution is 2.13. The van der Waals surface area contributed by atoms with Gasteiger partial charge in [-0.05, 0) is 12.8 Å². The van der Waals surface area contributed by atoms with Gasteiger partial charge in [-0.2, -0.15) is 0 Å². The van der Waals surface area contributed by atoms with E-state index in [0.717, 1.165) is 4.48 Å². The number of hydrogen-bond donors (Lipinski definition) is 1. The lowest BCUT2D eigenvalue weighted by Crippen LogP contribution is -3.02. The highest BCUT2D eigenvalue weighted by Gasteiger charge is 2.04. The zero-order valence-electron chi connectivity index (χ0n) is 20.7. The maximum Gasteiger partial charge on any atom is 0.0780 e. The summed E-state index contributed by atoms with van der Waals surface area (Å²) in [5, 5.41) is 0. The molecule has 0 unspecified atom stereocenters. The Kier molecular flexibility index (Phi) is 36.1. The first-order valence-electron chi connectivity index (χ1n) is 11.9. The summed E-state index contributed by atoms with van der Waals surface area (Å²) in [6.07, 6.45) is 23.4. The normalized spacial score (nSPS) is 10.7. The van der Waals surface area contributed by atoms with E-state index in [2.05, 4.69) is 49.2 Å². The van der Waals surface area contributed by atoms with Crippen LogP contribution in [0.5, 0.6) is 0 Å². The van der Waals surface area contributed by atoms with Crippen LogP contribution < -0.4 is 38.9 Å². The van der Waals surface area contributed by atoms with Crippen LogP contribution >= 0.6 is 0 Å². The average molecular weight is 533 g/mol. The fourth-order valence-electron chi connectivity index (χ4n) is 3.13. The molecule has 0 heterocycles. The van der Waals surface area contributed by atoms with Crippen LogP contribution in [0, 0.1) is 0 Å². The van der Waals surface area contributed by atoms with Gasteiger partial charge in [0.1, 0.15) is 0 Å². The van der Waals surface area contributed by atoms with Crippen molar-refractivity contribution in [1.29, 1.82) is 0 Å². The first-order chi connectivity index (χ1) is 12.3. The van der Waals surface area contributed by atoms with Gasteiger partial charge in [0.2, 0.25) is 0 Å². The third-order valence-corrected chi connectivity index (χ3v) is 4.68. The summed E-state index contributed by atoms with van der Waals surface area (Å²) in [6.45, 7) is 3.63. The third-order valence-electron chi connectivity index (χ3n) is 4.68. The van der Waals surface area contributed by atoms with Crippen molar-refractivity contribution in [2.24, 2.45) is 0 Å². The average Bonchev–Trinajstić information content (AvgIpc) is 2.53. The van der Waals surface area contributed by atoms with E-state index in [1.165, 1.54) is 114 Å². The molecule has 0 radical (unpaired) electrons. The Bertz CT molecular complexity index is 251. The van der Waals surface area contributed by atoms with Crippen molar-refractivity contribution in [3.63, 3.8) is 0 Å². The molecule has 0 aromatic rings. The molecule has 0 aromatic heterocycles. The van der Waals surface area contributed by atoms with E-state index in [0.29, 0.717) is 0 Å². The monoisotopic (exact) mass is 530 g/mol. The maximum atomic E-state index is 2.30. The van der Waals surface area contributed by atoms with Crippen molar-refractivity contribution in [3.8, 4) is 0 Å². The molecule has 0 bridgehead atoms. The van der Waals surface area contributed by atoms with Crippen LogP contribution in [0.25, 0.3) is 0 Å². The number of hydrogen-bond acceptors (Lipinski definition) is 0. The van der Waals surface area contributed by atoms with E-state index in [-0.39, 0.29) is 34.0 Å². The van der Waals surface area contributed by atoms with Crippen molar-refractivity contribution in [3.05, 3.63) is 0 Å². The molecule has 0 spiro atoms. The number of nitrogens with one attached hydrogen (secondary N) is 1. The Morgan fingerprint density at radius 1 is 0.464 bits per heavy atom. The zero-order chi connectivity index (χ0) is 20.1. The Morgan fingerprint density at radius 2 is 0.679 bits per heavy atom. The highest BCUT2D eigenvalue weighted by atomic mass is 79.9. The minimum atomic E-state index is 0. The zero-order valence-corrected chi connectivity index (χ0v) is 23.9. The Balaban J connectivity index is -0.000000435. The molecule has 0 aliphatic rings. The van der Waals surface area contributed by atoms with Crippen molar-refractivity contribution >= 4 is 0 Å². The molecule has 0 saturated carbocycles. The summed E-state index contributed by atoms with van der Waals surface area (Å²) in [6, 6.07) is 0. The van der Waals surface area contributed by atoms with Crippen LogP contribution in [-0.2, 0) is 0 Å². The summed E-state index contributed by atoms with van der Waals surface area (Å²) >= 11 is 0. The van der Waals surface area contributed by atoms with Gasteiger partial charge in [-0.25, -0.2) is 0 Å². The lowest BCUT2D eigenvalue weighted by molar-refractivity contribution is -0.870. The molecule has 1 N–H and O–H groups in total. The number of quaternary nitrogens is 2. The standard InChI is InChI=1S/C21H46N.C3H9N.2BrH/c1-5-6-7-8-9-10-11-12-13-14-15-16-17-18-19-20-21-22(2,3)4;1-4(2)3;;/h5-21H2,1-4H3;1-3H3;2*1H/q+1;;;/p-1. The second-order valence-electron chi connectivity index (χ2n) is 9.82. The third kappa shape index (κ3) is 45.6. The lowest BCUT2D eigenvalue weighted by atomic mass is 10.0. The van der Waals surface area contributed by atoms with E-state index >= 15 is 0 Å². The molecule has 28 heavy (non-hydrogen) atoms. The van der Waals surface area contributed by atoms with Gasteiger partial charge >= 0.3 is 0 Å². The molecular weight excluding hydrogens is 476 g/mol. The predicted octanol–water partition coefficient (Wildman–Crippen LogP) is -0.277. The van der Waals surface area contributed by atoms with Gasteiger partial charge in [0.25, 0.3) is 0 Å². The van der Waals surface area contributed by atoms with Crippen LogP contribution in [0.4, 0.5) is 0 Å². The Labute approximate surface area is 201 Å². The molecule has 4 heteroatoms. The van der Waals surface area contributed by atoms with Gasteiger partial charge in [0.05, 0.1) is 48.8 Å². The molecule has 0 aliphatic carbocycles. The van der Waals surface area contributed by atoms with E-state index in [4.69, 9.17) is 0 Å². The van der Waals surface area contributed by atoms with Crippen molar-refractivity contribution in [2.45, 2.75) is 110 Å². The van der Waals surface area contributed by atoms with Crippen LogP contribution in [-0.4, -0.2) is 53.3 Å². The van der Waals surface area contributed by atoms with E-state index in [9.17, 15) is 0 Å². The second-order valence-corrected chi connectivity index (χ2v) is 9.82. The molecule has 0 fully saturated rings. The highest BCUT2D eigenvalue weighted by molar-refractivity contribution is 4.49. The van der Waals surface area contributed by atoms with E-state index in [1.54, 1.807) is 0 Å². The number of halogens is 2. The number of unbranched alkanes of at least 4 members (excludes halogenated alkanes) is 15. The maximum absolute atomic E-state index is 2.30. The summed E-state index contributed by atoms with van der Waals surface area (Å²) in [7, 11) is 13.1. The van der Waals surface area contributed by atoms with E-state index in [1.807, 2.05) is 0 Å². The van der Waals surface area contributed by atoms with Crippen LogP contribution in [0.15, 0.2) is 0 Å². The van der Waals surface area contributed by atoms with Crippen LogP contribution in [0.2, 0.25) is 0 Å². The molecule has 0 aliphatic heterocycles. The minimum absolute atomic E-state index is 0. The topological polar surface area (TPSA) is 4.44 Å². The van der Waals surface area contributed by atoms with Crippen molar-refractivity contribution < 1.29 is 43.3 Å². The van der Waals surface area contributed by atoms with Gasteiger partial charge in [-0.15, -0.1) is 0 Å². The van der Waals surface area contributed by atoms with Crippen molar-refractivity contribution in [2.75, 3.05) is 48.8 Å². The molecule has 2 nitrogen and oxygen atoms in total. The number of nitrogens with zero attached hydrogens (tertiary/aromatic N) is 1. The fraction of sp³-hybridized carbons (Fsp3) is 1.00. The molecule has 0 saturated heterocycles. The minimum Gasteiger partial charge on any atom is -1.00 e. The molecular formula is C24H56Br2N2. The van der Waals surface area contributed by atoms with Gasteiger partial charge in [0.15, 0.2) is 0 Å². The van der Waals surface area contributed by atoms with Gasteiger partial charge in [0, 0.05) is 0 Å². The summed E-state index contributed by atoms with van der Waals surface area (Å²) in [5.74, 6) is 0. The Morgan fingerprint density at radius 3 is 0.893 bits per heavy atom. The van der Waals surface area contributed by atoms with Gasteiger partial charge < -0.3 is 43.3 Å². The first kappa shape index (κ1) is 36.3. The quantitative estimate of drug-likeness (QED) is 0.194. The summed E-state index contributed by atoms with van der Waals surface area (Å²) in [4.78, 5) is 1.42. The SMILES string of the molecule is CCCCCCCCCCCCCCCCCC[N+](C)(C)C.C[NH+](C)C.[Br-].[Br-]. The van der Waals surface area contributed by atoms with Crippen LogP contribution in [0.3, 0.4) is 0 Å². The largest absolute Gasteiger partial charge is 1.00 e. The molecule has 176 valence electrons. The molecule has 0 amide bonds. The Hall–Kier alpha value is 0.880. The fourth-order valence-corrected chi connectivity index (χ4v) is 3.13. The van der Waals surface area contributed by atoms with E-state index < -0.39 is 0 Å². The van der Waals surface area contributed by atoms with Gasteiger partial charge in [-0.1, -0.05) is 96.8 Å². The summed E-state index contributed by atoms with van der Waals surface area (Å²) < 4.78 is 1.12. The predicted molar refractivity (Wildman–Crippen MR) is 121 cm³/mol. The van der Waals surface area contributed by atoms with Crippen molar-refractivity contribution in [1.82, 2.24) is 0 Å².